The molecule has 0 aromatic heterocycles. The lowest BCUT2D eigenvalue weighted by molar-refractivity contribution is 0.185. The Kier molecular flexibility index (Phi) is 8.63. The van der Waals surface area contributed by atoms with Crippen molar-refractivity contribution in [1.82, 2.24) is 9.34 Å². The molecule has 1 fully saturated rings. The van der Waals surface area contributed by atoms with Gasteiger partial charge in [-0.15, -0.1) is 0 Å². The van der Waals surface area contributed by atoms with Crippen molar-refractivity contribution >= 4 is 37.4 Å². The number of hydrogen-bond acceptors (Lipinski definition) is 2. The van der Waals surface area contributed by atoms with Crippen LogP contribution in [-0.2, 0) is 0 Å². The second kappa shape index (κ2) is 12.3. The summed E-state index contributed by atoms with van der Waals surface area (Å²) < 4.78 is 5.48. The molecule has 0 aliphatic heterocycles. The summed E-state index contributed by atoms with van der Waals surface area (Å²) >= 11 is 0. The van der Waals surface area contributed by atoms with Crippen molar-refractivity contribution in [1.29, 1.82) is 0 Å². The van der Waals surface area contributed by atoms with E-state index in [1.165, 1.54) is 46.9 Å². The number of rotatable bonds is 8. The van der Waals surface area contributed by atoms with E-state index in [4.69, 9.17) is 0 Å². The largest absolute Gasteiger partial charge is 0.273 e. The van der Waals surface area contributed by atoms with Gasteiger partial charge in [-0.3, -0.25) is 9.34 Å². The van der Waals surface area contributed by atoms with E-state index in [9.17, 15) is 0 Å². The highest BCUT2D eigenvalue weighted by molar-refractivity contribution is 7.71. The van der Waals surface area contributed by atoms with Gasteiger partial charge in [0, 0.05) is 28.2 Å². The Morgan fingerprint density at radius 2 is 0.694 bits per heavy atom. The molecule has 0 unspecified atom stereocenters. The molecule has 0 saturated heterocycles. The fourth-order valence-electron chi connectivity index (χ4n) is 5.56. The van der Waals surface area contributed by atoms with Crippen LogP contribution in [0.2, 0.25) is 0 Å². The van der Waals surface area contributed by atoms with Crippen molar-refractivity contribution in [2.24, 2.45) is 0 Å². The van der Waals surface area contributed by atoms with Crippen LogP contribution in [0.25, 0.3) is 0 Å². The van der Waals surface area contributed by atoms with E-state index < -0.39 is 16.1 Å². The summed E-state index contributed by atoms with van der Waals surface area (Å²) in [5.41, 5.74) is 0. The predicted octanol–water partition coefficient (Wildman–Crippen LogP) is 6.26. The van der Waals surface area contributed by atoms with Crippen LogP contribution in [0.5, 0.6) is 0 Å². The molecule has 0 bridgehead atoms. The SMILES string of the molecule is CN([C@@H]1CCCC[C@H]1N(C)P(c1ccccc1)c1ccccc1)P(c1ccccc1)c1ccccc1. The molecule has 4 aromatic carbocycles. The Balaban J connectivity index is 1.51. The van der Waals surface area contributed by atoms with Crippen LogP contribution in [0.1, 0.15) is 25.7 Å². The third kappa shape index (κ3) is 5.64. The minimum atomic E-state index is -0.600. The third-order valence-electron chi connectivity index (χ3n) is 7.29. The first-order valence-corrected chi connectivity index (χ1v) is 15.6. The zero-order chi connectivity index (χ0) is 24.7. The van der Waals surface area contributed by atoms with Gasteiger partial charge in [-0.05, 0) is 48.2 Å². The van der Waals surface area contributed by atoms with Crippen molar-refractivity contribution in [3.05, 3.63) is 121 Å². The van der Waals surface area contributed by atoms with E-state index in [1.54, 1.807) is 0 Å². The maximum atomic E-state index is 2.74. The maximum absolute atomic E-state index is 2.74. The summed E-state index contributed by atoms with van der Waals surface area (Å²) in [5, 5.41) is 5.73. The minimum absolute atomic E-state index is 0.507. The molecule has 1 saturated carbocycles. The quantitative estimate of drug-likeness (QED) is 0.258. The Hall–Kier alpha value is -2.34. The molecule has 0 amide bonds. The van der Waals surface area contributed by atoms with E-state index in [-0.39, 0.29) is 0 Å². The smallest absolute Gasteiger partial charge is 0.0296 e. The zero-order valence-corrected chi connectivity index (χ0v) is 23.1. The normalized spacial score (nSPS) is 18.3. The minimum Gasteiger partial charge on any atom is -0.273 e. The summed E-state index contributed by atoms with van der Waals surface area (Å²) in [6, 6.07) is 45.6. The Morgan fingerprint density at radius 1 is 0.444 bits per heavy atom. The standard InChI is InChI=1S/C32H36N2P2/c1-33(35(27-17-7-3-8-18-27)28-19-9-4-10-20-28)31-25-15-16-26-32(31)34(2)36(29-21-11-5-12-22-29)30-23-13-6-14-24-30/h3-14,17-24,31-32H,15-16,25-26H2,1-2H3/t31-,32-/m1/s1. The molecular formula is C32H36N2P2. The highest BCUT2D eigenvalue weighted by atomic mass is 31.1. The van der Waals surface area contributed by atoms with Crippen LogP contribution in [0, 0.1) is 0 Å². The number of benzene rings is 4. The van der Waals surface area contributed by atoms with Crippen LogP contribution in [-0.4, -0.2) is 35.5 Å². The van der Waals surface area contributed by atoms with Gasteiger partial charge >= 0.3 is 0 Å². The molecule has 184 valence electrons. The molecular weight excluding hydrogens is 474 g/mol. The van der Waals surface area contributed by atoms with Gasteiger partial charge in [-0.25, -0.2) is 0 Å². The zero-order valence-electron chi connectivity index (χ0n) is 21.3. The fraction of sp³-hybridized carbons (Fsp3) is 0.250. The molecule has 4 aromatic rings. The lowest BCUT2D eigenvalue weighted by Gasteiger charge is -2.47. The molecule has 0 heterocycles. The number of likely N-dealkylation sites (N-methyl/N-ethyl adjacent to an activating group) is 2. The van der Waals surface area contributed by atoms with Crippen molar-refractivity contribution < 1.29 is 0 Å². The summed E-state index contributed by atoms with van der Waals surface area (Å²) in [7, 11) is 3.57. The molecule has 0 radical (unpaired) electrons. The number of hydrogen-bond donors (Lipinski definition) is 0. The Bertz CT molecular complexity index is 1010. The first kappa shape index (κ1) is 25.3. The molecule has 0 spiro atoms. The van der Waals surface area contributed by atoms with Gasteiger partial charge in [-0.2, -0.15) is 0 Å². The van der Waals surface area contributed by atoms with Gasteiger partial charge in [0.1, 0.15) is 0 Å². The van der Waals surface area contributed by atoms with E-state index in [0.717, 1.165) is 0 Å². The second-order valence-electron chi connectivity index (χ2n) is 9.53. The van der Waals surface area contributed by atoms with Crippen molar-refractivity contribution in [2.45, 2.75) is 37.8 Å². The number of nitrogens with zero attached hydrogens (tertiary/aromatic N) is 2. The highest BCUT2D eigenvalue weighted by Crippen LogP contribution is 2.47. The Labute approximate surface area is 219 Å². The first-order chi connectivity index (χ1) is 17.7. The average molecular weight is 511 g/mol. The molecule has 5 rings (SSSR count). The van der Waals surface area contributed by atoms with Crippen LogP contribution >= 0.6 is 16.1 Å². The molecule has 2 nitrogen and oxygen atoms in total. The lowest BCUT2D eigenvalue weighted by atomic mass is 9.90. The van der Waals surface area contributed by atoms with Gasteiger partial charge in [0.15, 0.2) is 0 Å². The lowest BCUT2D eigenvalue weighted by Crippen LogP contribution is -2.50. The molecule has 0 N–H and O–H groups in total. The van der Waals surface area contributed by atoms with Crippen LogP contribution in [0.3, 0.4) is 0 Å². The molecule has 1 aliphatic carbocycles. The van der Waals surface area contributed by atoms with Gasteiger partial charge in [0.2, 0.25) is 0 Å². The van der Waals surface area contributed by atoms with E-state index >= 15 is 0 Å². The van der Waals surface area contributed by atoms with Crippen LogP contribution < -0.4 is 21.2 Å². The first-order valence-electron chi connectivity index (χ1n) is 13.0. The Morgan fingerprint density at radius 3 is 0.944 bits per heavy atom. The summed E-state index contributed by atoms with van der Waals surface area (Å²) in [6.45, 7) is 0. The van der Waals surface area contributed by atoms with Gasteiger partial charge < -0.3 is 0 Å². The van der Waals surface area contributed by atoms with E-state index in [0.29, 0.717) is 12.1 Å². The second-order valence-corrected chi connectivity index (χ2v) is 14.1. The monoisotopic (exact) mass is 510 g/mol. The fourth-order valence-corrected chi connectivity index (χ4v) is 10.6. The summed E-state index contributed by atoms with van der Waals surface area (Å²) in [5.74, 6) is 0. The summed E-state index contributed by atoms with van der Waals surface area (Å²) in [6.07, 6.45) is 5.11. The van der Waals surface area contributed by atoms with Crippen molar-refractivity contribution in [2.75, 3.05) is 14.1 Å². The topological polar surface area (TPSA) is 6.48 Å². The van der Waals surface area contributed by atoms with Gasteiger partial charge in [-0.1, -0.05) is 134 Å². The molecule has 2 atom stereocenters. The summed E-state index contributed by atoms with van der Waals surface area (Å²) in [4.78, 5) is 0. The maximum Gasteiger partial charge on any atom is 0.0296 e. The van der Waals surface area contributed by atoms with Gasteiger partial charge in [0.05, 0.1) is 0 Å². The van der Waals surface area contributed by atoms with Crippen molar-refractivity contribution in [3.8, 4) is 0 Å². The van der Waals surface area contributed by atoms with Crippen molar-refractivity contribution in [3.63, 3.8) is 0 Å². The molecule has 36 heavy (non-hydrogen) atoms. The van der Waals surface area contributed by atoms with E-state index in [1.807, 2.05) is 0 Å². The van der Waals surface area contributed by atoms with Crippen LogP contribution in [0.15, 0.2) is 121 Å². The third-order valence-corrected chi connectivity index (χ3v) is 12.3. The predicted molar refractivity (Wildman–Crippen MR) is 160 cm³/mol. The average Bonchev–Trinajstić information content (AvgIpc) is 2.95. The van der Waals surface area contributed by atoms with E-state index in [2.05, 4.69) is 145 Å². The molecule has 1 aliphatic rings. The van der Waals surface area contributed by atoms with Gasteiger partial charge in [0.25, 0.3) is 0 Å². The van der Waals surface area contributed by atoms with Crippen LogP contribution in [0.4, 0.5) is 0 Å². The highest BCUT2D eigenvalue weighted by Gasteiger charge is 2.38. The molecule has 4 heteroatoms.